The molecule has 0 radical (unpaired) electrons. The average Bonchev–Trinajstić information content (AvgIpc) is 2.72. The summed E-state index contributed by atoms with van der Waals surface area (Å²) in [5.74, 6) is -0.470. The number of hydrogen-bond acceptors (Lipinski definition) is 5. The van der Waals surface area contributed by atoms with Crippen LogP contribution in [0.1, 0.15) is 34.1 Å². The molecule has 3 rings (SSSR count). The van der Waals surface area contributed by atoms with Gasteiger partial charge >= 0.3 is 5.97 Å². The molecule has 0 fully saturated rings. The molecule has 0 N–H and O–H groups in total. The summed E-state index contributed by atoms with van der Waals surface area (Å²) in [7, 11) is 3.94. The summed E-state index contributed by atoms with van der Waals surface area (Å²) in [6, 6.07) is 17.6. The number of allylic oxidation sites excluding steroid dienone is 1. The first-order chi connectivity index (χ1) is 14.0. The van der Waals surface area contributed by atoms with E-state index in [0.29, 0.717) is 16.8 Å². The topological polar surface area (TPSA) is 66.2 Å². The van der Waals surface area contributed by atoms with Gasteiger partial charge in [0.1, 0.15) is 6.07 Å². The number of nitriles is 1. The standard InChI is InChI=1S/C24H23N3O2/c1-5-29-24(28)22-16(2)20-8-6-7-9-21(20)26-23(22)18(15-25)14-17-10-12-19(13-11-17)27(3)4/h6-14H,5H2,1-4H3/b18-14+. The van der Waals surface area contributed by atoms with E-state index < -0.39 is 5.97 Å². The minimum Gasteiger partial charge on any atom is -0.462 e. The first-order valence-electron chi connectivity index (χ1n) is 9.42. The van der Waals surface area contributed by atoms with Crippen LogP contribution in [0.3, 0.4) is 0 Å². The number of aromatic nitrogens is 1. The van der Waals surface area contributed by atoms with E-state index in [4.69, 9.17) is 4.74 Å². The fourth-order valence-corrected chi connectivity index (χ4v) is 3.21. The highest BCUT2D eigenvalue weighted by molar-refractivity contribution is 6.05. The van der Waals surface area contributed by atoms with Crippen molar-refractivity contribution in [3.05, 3.63) is 70.9 Å². The van der Waals surface area contributed by atoms with Gasteiger partial charge in [-0.1, -0.05) is 30.3 Å². The Kier molecular flexibility index (Phi) is 5.94. The number of rotatable bonds is 5. The molecule has 0 saturated carbocycles. The third-order valence-electron chi connectivity index (χ3n) is 4.73. The van der Waals surface area contributed by atoms with Gasteiger partial charge in [-0.25, -0.2) is 9.78 Å². The smallest absolute Gasteiger partial charge is 0.340 e. The van der Waals surface area contributed by atoms with Gasteiger partial charge in [0, 0.05) is 25.2 Å². The largest absolute Gasteiger partial charge is 0.462 e. The first kappa shape index (κ1) is 20.1. The lowest BCUT2D eigenvalue weighted by Gasteiger charge is -2.14. The number of para-hydroxylation sites is 1. The van der Waals surface area contributed by atoms with Crippen LogP contribution in [0.25, 0.3) is 22.6 Å². The molecule has 2 aromatic carbocycles. The third kappa shape index (κ3) is 4.12. The van der Waals surface area contributed by atoms with Gasteiger partial charge in [0.25, 0.3) is 0 Å². The van der Waals surface area contributed by atoms with E-state index in [1.165, 1.54) is 0 Å². The molecule has 1 aromatic heterocycles. The highest BCUT2D eigenvalue weighted by atomic mass is 16.5. The second kappa shape index (κ2) is 8.57. The normalized spacial score (nSPS) is 11.2. The Morgan fingerprint density at radius 1 is 1.17 bits per heavy atom. The molecule has 0 atom stereocenters. The lowest BCUT2D eigenvalue weighted by Crippen LogP contribution is -2.12. The van der Waals surface area contributed by atoms with E-state index in [1.54, 1.807) is 13.0 Å². The Bertz CT molecular complexity index is 1120. The highest BCUT2D eigenvalue weighted by Gasteiger charge is 2.22. The van der Waals surface area contributed by atoms with Crippen LogP contribution < -0.4 is 4.90 Å². The van der Waals surface area contributed by atoms with Crippen molar-refractivity contribution in [3.63, 3.8) is 0 Å². The van der Waals surface area contributed by atoms with Crippen LogP contribution >= 0.6 is 0 Å². The van der Waals surface area contributed by atoms with Crippen LogP contribution in [0.4, 0.5) is 5.69 Å². The number of aryl methyl sites for hydroxylation is 1. The summed E-state index contributed by atoms with van der Waals surface area (Å²) in [6.45, 7) is 3.87. The van der Waals surface area contributed by atoms with Crippen molar-refractivity contribution in [2.24, 2.45) is 0 Å². The van der Waals surface area contributed by atoms with Gasteiger partial charge < -0.3 is 9.64 Å². The zero-order chi connectivity index (χ0) is 21.0. The second-order valence-electron chi connectivity index (χ2n) is 6.85. The summed E-state index contributed by atoms with van der Waals surface area (Å²) < 4.78 is 5.26. The maximum Gasteiger partial charge on any atom is 0.340 e. The number of anilines is 1. The first-order valence-corrected chi connectivity index (χ1v) is 9.42. The Balaban J connectivity index is 2.20. The molecular formula is C24H23N3O2. The van der Waals surface area contributed by atoms with E-state index in [-0.39, 0.29) is 6.61 Å². The second-order valence-corrected chi connectivity index (χ2v) is 6.85. The monoisotopic (exact) mass is 385 g/mol. The molecule has 0 spiro atoms. The summed E-state index contributed by atoms with van der Waals surface area (Å²) in [5, 5.41) is 10.7. The SMILES string of the molecule is CCOC(=O)c1c(/C(C#N)=C/c2ccc(N(C)C)cc2)nc2ccccc2c1C. The number of nitrogens with zero attached hydrogens (tertiary/aromatic N) is 3. The van der Waals surface area contributed by atoms with E-state index in [2.05, 4.69) is 11.1 Å². The molecule has 0 saturated heterocycles. The van der Waals surface area contributed by atoms with Gasteiger partial charge in [-0.2, -0.15) is 5.26 Å². The fourth-order valence-electron chi connectivity index (χ4n) is 3.21. The molecule has 0 aliphatic rings. The number of hydrogen-bond donors (Lipinski definition) is 0. The molecule has 0 unspecified atom stereocenters. The number of ether oxygens (including phenoxy) is 1. The van der Waals surface area contributed by atoms with Crippen molar-refractivity contribution >= 4 is 34.2 Å². The van der Waals surface area contributed by atoms with Crippen molar-refractivity contribution in [1.29, 1.82) is 5.26 Å². The summed E-state index contributed by atoms with van der Waals surface area (Å²) >= 11 is 0. The van der Waals surface area contributed by atoms with Gasteiger partial charge in [0.15, 0.2) is 0 Å². The molecule has 5 nitrogen and oxygen atoms in total. The van der Waals surface area contributed by atoms with Crippen LogP contribution in [0.2, 0.25) is 0 Å². The number of benzene rings is 2. The summed E-state index contributed by atoms with van der Waals surface area (Å²) in [4.78, 5) is 19.4. The minimum absolute atomic E-state index is 0.252. The number of fused-ring (bicyclic) bond motifs is 1. The van der Waals surface area contributed by atoms with Crippen molar-refractivity contribution in [2.75, 3.05) is 25.6 Å². The number of pyridine rings is 1. The zero-order valence-corrected chi connectivity index (χ0v) is 17.1. The highest BCUT2D eigenvalue weighted by Crippen LogP contribution is 2.29. The third-order valence-corrected chi connectivity index (χ3v) is 4.73. The molecule has 146 valence electrons. The van der Waals surface area contributed by atoms with E-state index in [0.717, 1.165) is 27.7 Å². The van der Waals surface area contributed by atoms with Gasteiger partial charge in [0.05, 0.1) is 29.0 Å². The molecule has 3 aromatic rings. The quantitative estimate of drug-likeness (QED) is 0.464. The molecule has 0 amide bonds. The van der Waals surface area contributed by atoms with Crippen LogP contribution in [-0.2, 0) is 4.74 Å². The molecule has 29 heavy (non-hydrogen) atoms. The van der Waals surface area contributed by atoms with Crippen molar-refractivity contribution in [1.82, 2.24) is 4.98 Å². The predicted molar refractivity (Wildman–Crippen MR) is 117 cm³/mol. The molecular weight excluding hydrogens is 362 g/mol. The maximum absolute atomic E-state index is 12.7. The van der Waals surface area contributed by atoms with Crippen molar-refractivity contribution in [2.45, 2.75) is 13.8 Å². The Morgan fingerprint density at radius 2 is 1.86 bits per heavy atom. The van der Waals surface area contributed by atoms with Crippen LogP contribution in [0.5, 0.6) is 0 Å². The van der Waals surface area contributed by atoms with Crippen molar-refractivity contribution in [3.8, 4) is 6.07 Å². The molecule has 5 heteroatoms. The van der Waals surface area contributed by atoms with E-state index >= 15 is 0 Å². The Hall–Kier alpha value is -3.65. The van der Waals surface area contributed by atoms with Crippen LogP contribution in [0, 0.1) is 18.3 Å². The van der Waals surface area contributed by atoms with E-state index in [1.807, 2.05) is 74.4 Å². The van der Waals surface area contributed by atoms with Crippen LogP contribution in [0.15, 0.2) is 48.5 Å². The Morgan fingerprint density at radius 3 is 2.48 bits per heavy atom. The van der Waals surface area contributed by atoms with Gasteiger partial charge in [-0.3, -0.25) is 0 Å². The minimum atomic E-state index is -0.470. The van der Waals surface area contributed by atoms with Gasteiger partial charge in [0.2, 0.25) is 0 Å². The predicted octanol–water partition coefficient (Wildman–Crippen LogP) is 4.85. The average molecular weight is 385 g/mol. The van der Waals surface area contributed by atoms with Gasteiger partial charge in [-0.15, -0.1) is 0 Å². The Labute approximate surface area is 170 Å². The van der Waals surface area contributed by atoms with Gasteiger partial charge in [-0.05, 0) is 49.2 Å². The maximum atomic E-state index is 12.7. The molecule has 0 aliphatic heterocycles. The number of carbonyl (C=O) groups excluding carboxylic acids is 1. The zero-order valence-electron chi connectivity index (χ0n) is 17.1. The lowest BCUT2D eigenvalue weighted by molar-refractivity contribution is 0.0525. The molecule has 0 bridgehead atoms. The fraction of sp³-hybridized carbons (Fsp3) is 0.208. The molecule has 0 aliphatic carbocycles. The number of carbonyl (C=O) groups is 1. The van der Waals surface area contributed by atoms with Crippen LogP contribution in [-0.4, -0.2) is 31.7 Å². The summed E-state index contributed by atoms with van der Waals surface area (Å²) in [6.07, 6.45) is 1.75. The number of esters is 1. The lowest BCUT2D eigenvalue weighted by atomic mass is 9.97. The van der Waals surface area contributed by atoms with E-state index in [9.17, 15) is 10.1 Å². The van der Waals surface area contributed by atoms with Crippen molar-refractivity contribution < 1.29 is 9.53 Å². The molecule has 1 heterocycles. The summed E-state index contributed by atoms with van der Waals surface area (Å²) in [5.41, 5.74) is 4.41.